The number of halogens is 2. The summed E-state index contributed by atoms with van der Waals surface area (Å²) in [7, 11) is -3.23. The summed E-state index contributed by atoms with van der Waals surface area (Å²) in [6, 6.07) is 11.8. The molecule has 0 unspecified atom stereocenters. The predicted molar refractivity (Wildman–Crippen MR) is 108 cm³/mol. The molecule has 0 radical (unpaired) electrons. The maximum absolute atomic E-state index is 12.6. The quantitative estimate of drug-likeness (QED) is 0.659. The highest BCUT2D eigenvalue weighted by molar-refractivity contribution is 7.93. The molecule has 140 valence electrons. The van der Waals surface area contributed by atoms with Crippen LogP contribution in [0.5, 0.6) is 0 Å². The Kier molecular flexibility index (Phi) is 4.53. The fourth-order valence-electron chi connectivity index (χ4n) is 3.12. The number of aromatic amines is 1. The lowest BCUT2D eigenvalue weighted by Crippen LogP contribution is -2.25. The van der Waals surface area contributed by atoms with Crippen molar-refractivity contribution < 1.29 is 13.2 Å². The number of hydrogen-bond acceptors (Lipinski definition) is 3. The lowest BCUT2D eigenvalue weighted by Gasteiger charge is -2.17. The average Bonchev–Trinajstić information content (AvgIpc) is 3.15. The Morgan fingerprint density at radius 3 is 2.52 bits per heavy atom. The summed E-state index contributed by atoms with van der Waals surface area (Å²) >= 11 is 12.3. The molecule has 0 atom stereocenters. The fourth-order valence-corrected chi connectivity index (χ4v) is 5.15. The number of aromatic nitrogens is 1. The molecule has 0 saturated carbocycles. The van der Waals surface area contributed by atoms with Crippen LogP contribution in [0.4, 0.5) is 11.4 Å². The molecule has 1 aliphatic heterocycles. The zero-order valence-electron chi connectivity index (χ0n) is 14.0. The van der Waals surface area contributed by atoms with E-state index in [9.17, 15) is 13.2 Å². The molecule has 27 heavy (non-hydrogen) atoms. The second-order valence-corrected chi connectivity index (χ2v) is 9.07. The smallest absolute Gasteiger partial charge is 0.273 e. The highest BCUT2D eigenvalue weighted by Gasteiger charge is 2.28. The number of anilines is 2. The summed E-state index contributed by atoms with van der Waals surface area (Å²) in [6.07, 6.45) is 0.615. The van der Waals surface area contributed by atoms with E-state index in [1.165, 1.54) is 4.31 Å². The van der Waals surface area contributed by atoms with Gasteiger partial charge in [0, 0.05) is 28.2 Å². The molecule has 9 heteroatoms. The first-order valence-corrected chi connectivity index (χ1v) is 10.6. The third kappa shape index (κ3) is 3.38. The molecular formula is C18H15Cl2N3O3S. The van der Waals surface area contributed by atoms with Gasteiger partial charge in [-0.3, -0.25) is 9.10 Å². The number of nitrogens with zero attached hydrogens (tertiary/aromatic N) is 1. The van der Waals surface area contributed by atoms with Crippen molar-refractivity contribution in [2.75, 3.05) is 21.9 Å². The van der Waals surface area contributed by atoms with Gasteiger partial charge in [0.1, 0.15) is 5.69 Å². The van der Waals surface area contributed by atoms with Crippen molar-refractivity contribution >= 4 is 61.4 Å². The molecule has 2 aromatic carbocycles. The Bertz CT molecular complexity index is 1140. The number of nitrogens with one attached hydrogen (secondary N) is 2. The molecule has 1 aliphatic rings. The van der Waals surface area contributed by atoms with E-state index in [2.05, 4.69) is 10.3 Å². The van der Waals surface area contributed by atoms with Crippen LogP contribution in [-0.4, -0.2) is 31.6 Å². The van der Waals surface area contributed by atoms with Crippen LogP contribution in [0.1, 0.15) is 16.9 Å². The van der Waals surface area contributed by atoms with Crippen LogP contribution in [0.25, 0.3) is 10.9 Å². The van der Waals surface area contributed by atoms with Crippen molar-refractivity contribution in [1.82, 2.24) is 4.98 Å². The van der Waals surface area contributed by atoms with Crippen molar-refractivity contribution in [3.8, 4) is 0 Å². The van der Waals surface area contributed by atoms with E-state index in [-0.39, 0.29) is 11.4 Å². The third-order valence-electron chi connectivity index (χ3n) is 4.44. The van der Waals surface area contributed by atoms with E-state index in [0.717, 1.165) is 0 Å². The lowest BCUT2D eigenvalue weighted by atomic mass is 10.2. The molecule has 1 fully saturated rings. The van der Waals surface area contributed by atoms with Crippen molar-refractivity contribution in [2.45, 2.75) is 6.42 Å². The summed E-state index contributed by atoms with van der Waals surface area (Å²) in [5, 5.41) is 4.25. The molecule has 1 amide bonds. The average molecular weight is 424 g/mol. The van der Waals surface area contributed by atoms with Gasteiger partial charge >= 0.3 is 0 Å². The van der Waals surface area contributed by atoms with Gasteiger partial charge in [0.15, 0.2) is 0 Å². The van der Waals surface area contributed by atoms with Crippen molar-refractivity contribution in [3.63, 3.8) is 0 Å². The van der Waals surface area contributed by atoms with Gasteiger partial charge in [0.25, 0.3) is 5.91 Å². The third-order valence-corrected chi connectivity index (χ3v) is 6.93. The number of carbonyl (C=O) groups excluding carboxylic acids is 1. The largest absolute Gasteiger partial charge is 0.349 e. The van der Waals surface area contributed by atoms with Gasteiger partial charge in [-0.05, 0) is 48.9 Å². The molecule has 6 nitrogen and oxygen atoms in total. The molecular weight excluding hydrogens is 409 g/mol. The molecule has 0 bridgehead atoms. The number of hydrogen-bond donors (Lipinski definition) is 2. The minimum absolute atomic E-state index is 0.161. The fraction of sp³-hybridized carbons (Fsp3) is 0.167. The van der Waals surface area contributed by atoms with E-state index >= 15 is 0 Å². The van der Waals surface area contributed by atoms with Crippen molar-refractivity contribution in [2.24, 2.45) is 0 Å². The molecule has 4 rings (SSSR count). The van der Waals surface area contributed by atoms with Gasteiger partial charge in [0.05, 0.1) is 16.5 Å². The van der Waals surface area contributed by atoms with Crippen molar-refractivity contribution in [3.05, 3.63) is 58.2 Å². The number of H-pyrrole nitrogens is 1. The first-order valence-electron chi connectivity index (χ1n) is 8.24. The maximum Gasteiger partial charge on any atom is 0.273 e. The number of carbonyl (C=O) groups is 1. The van der Waals surface area contributed by atoms with Crippen LogP contribution in [0, 0.1) is 0 Å². The van der Waals surface area contributed by atoms with Gasteiger partial charge in [-0.1, -0.05) is 23.2 Å². The Labute approximate surface area is 166 Å². The van der Waals surface area contributed by atoms with E-state index < -0.39 is 15.9 Å². The topological polar surface area (TPSA) is 82.3 Å². The molecule has 0 aliphatic carbocycles. The van der Waals surface area contributed by atoms with Crippen LogP contribution in [0.15, 0.2) is 42.5 Å². The minimum Gasteiger partial charge on any atom is -0.349 e. The highest BCUT2D eigenvalue weighted by atomic mass is 35.5. The summed E-state index contributed by atoms with van der Waals surface area (Å²) in [4.78, 5) is 15.6. The number of benzene rings is 2. The van der Waals surface area contributed by atoms with Gasteiger partial charge in [-0.25, -0.2) is 8.42 Å². The van der Waals surface area contributed by atoms with E-state index in [0.29, 0.717) is 45.3 Å². The standard InChI is InChI=1S/C18H15Cl2N3O3S/c19-11-2-7-15-14(10-11)16(20)17(22-15)18(24)21-12-3-5-13(6-4-12)23-8-1-9-27(23,25)26/h2-7,10,22H,1,8-9H2,(H,21,24). The van der Waals surface area contributed by atoms with Gasteiger partial charge in [-0.15, -0.1) is 0 Å². The van der Waals surface area contributed by atoms with Crippen LogP contribution in [-0.2, 0) is 10.0 Å². The Morgan fingerprint density at radius 2 is 1.85 bits per heavy atom. The first-order chi connectivity index (χ1) is 12.8. The van der Waals surface area contributed by atoms with Crippen LogP contribution < -0.4 is 9.62 Å². The molecule has 1 aromatic heterocycles. The second-order valence-electron chi connectivity index (χ2n) is 6.25. The number of amides is 1. The SMILES string of the molecule is O=C(Nc1ccc(N2CCCS2(=O)=O)cc1)c1[nH]c2ccc(Cl)cc2c1Cl. The number of rotatable bonds is 3. The number of sulfonamides is 1. The monoisotopic (exact) mass is 423 g/mol. The zero-order chi connectivity index (χ0) is 19.2. The Hall–Kier alpha value is -2.22. The van der Waals surface area contributed by atoms with Crippen LogP contribution in [0.2, 0.25) is 10.0 Å². The Morgan fingerprint density at radius 1 is 1.11 bits per heavy atom. The minimum atomic E-state index is -3.23. The highest BCUT2D eigenvalue weighted by Crippen LogP contribution is 2.30. The lowest BCUT2D eigenvalue weighted by molar-refractivity contribution is 0.102. The summed E-state index contributed by atoms with van der Waals surface area (Å²) in [6.45, 7) is 0.473. The van der Waals surface area contributed by atoms with Crippen molar-refractivity contribution in [1.29, 1.82) is 0 Å². The van der Waals surface area contributed by atoms with E-state index in [1.807, 2.05) is 0 Å². The number of fused-ring (bicyclic) bond motifs is 1. The summed E-state index contributed by atoms with van der Waals surface area (Å²) in [5.74, 6) is -0.233. The Balaban J connectivity index is 1.56. The second kappa shape index (κ2) is 6.74. The zero-order valence-corrected chi connectivity index (χ0v) is 16.3. The first kappa shape index (κ1) is 18.2. The van der Waals surface area contributed by atoms with E-state index in [1.54, 1.807) is 42.5 Å². The van der Waals surface area contributed by atoms with Gasteiger partial charge < -0.3 is 10.3 Å². The summed E-state index contributed by atoms with van der Waals surface area (Å²) in [5.41, 5.74) is 2.07. The molecule has 2 heterocycles. The molecule has 2 N–H and O–H groups in total. The molecule has 3 aromatic rings. The van der Waals surface area contributed by atoms with Crippen LogP contribution >= 0.6 is 23.2 Å². The van der Waals surface area contributed by atoms with Gasteiger partial charge in [0.2, 0.25) is 10.0 Å². The summed E-state index contributed by atoms with van der Waals surface area (Å²) < 4.78 is 25.4. The molecule has 1 saturated heterocycles. The maximum atomic E-state index is 12.6. The van der Waals surface area contributed by atoms with Crippen LogP contribution in [0.3, 0.4) is 0 Å². The van der Waals surface area contributed by atoms with Gasteiger partial charge in [-0.2, -0.15) is 0 Å². The molecule has 0 spiro atoms. The normalized spacial score (nSPS) is 16.0. The predicted octanol–water partition coefficient (Wildman–Crippen LogP) is 4.27. The van der Waals surface area contributed by atoms with E-state index in [4.69, 9.17) is 23.2 Å².